The number of halogens is 4. The van der Waals surface area contributed by atoms with Crippen LogP contribution in [-0.2, 0) is 28.5 Å². The van der Waals surface area contributed by atoms with Crippen molar-refractivity contribution in [2.24, 2.45) is 0 Å². The Hall–Kier alpha value is -4.45. The summed E-state index contributed by atoms with van der Waals surface area (Å²) in [6, 6.07) is 10.3. The molecule has 42 heavy (non-hydrogen) atoms. The molecule has 3 heterocycles. The second-order valence-electron chi connectivity index (χ2n) is 9.85. The van der Waals surface area contributed by atoms with Crippen molar-refractivity contribution in [2.45, 2.75) is 31.5 Å². The molecule has 1 unspecified atom stereocenters. The van der Waals surface area contributed by atoms with Gasteiger partial charge in [-0.3, -0.25) is 4.79 Å². The number of Topliss-reactive ketones (excluding diaryl/α,β-unsaturated/α-hetero) is 1. The van der Waals surface area contributed by atoms with E-state index in [-0.39, 0.29) is 24.0 Å². The number of aromatic nitrogens is 2. The van der Waals surface area contributed by atoms with Gasteiger partial charge in [0.1, 0.15) is 48.4 Å². The van der Waals surface area contributed by atoms with Crippen LogP contribution in [0.2, 0.25) is 0 Å². The van der Waals surface area contributed by atoms with Crippen LogP contribution >= 0.6 is 0 Å². The van der Waals surface area contributed by atoms with Crippen molar-refractivity contribution in [2.75, 3.05) is 26.4 Å². The molecular weight excluding hydrogens is 560 g/mol. The molecule has 1 aromatic heterocycles. The molecule has 0 N–H and O–H groups in total. The van der Waals surface area contributed by atoms with E-state index in [4.69, 9.17) is 23.7 Å². The highest BCUT2D eigenvalue weighted by Gasteiger charge is 2.31. The second kappa shape index (κ2) is 11.4. The molecule has 12 heteroatoms. The van der Waals surface area contributed by atoms with Crippen molar-refractivity contribution >= 4 is 16.7 Å². The van der Waals surface area contributed by atoms with Crippen LogP contribution in [0.1, 0.15) is 23.1 Å². The molecule has 0 amide bonds. The van der Waals surface area contributed by atoms with Gasteiger partial charge in [-0.05, 0) is 41.5 Å². The topological polar surface area (TPSA) is 89.0 Å². The van der Waals surface area contributed by atoms with Gasteiger partial charge in [0.15, 0.2) is 11.5 Å². The standard InChI is InChI=1S/C30H24F4N2O6/c31-23-6-3-19(30(32,33)34)12-18(23)13-20(37)11-17-1-4-21(5-2-17)42-29-26-24(35-16-36-29)14-25(41-22-7-8-38-15-22)27-28(26)40-10-9-39-27/h1-6,12,14,16,22H,7-11,13,15H2. The zero-order valence-electron chi connectivity index (χ0n) is 22.1. The molecule has 218 valence electrons. The second-order valence-corrected chi connectivity index (χ2v) is 9.85. The monoisotopic (exact) mass is 584 g/mol. The molecule has 2 aliphatic rings. The predicted octanol–water partition coefficient (Wildman–Crippen LogP) is 5.87. The average Bonchev–Trinajstić information content (AvgIpc) is 3.48. The lowest BCUT2D eigenvalue weighted by atomic mass is 10.0. The summed E-state index contributed by atoms with van der Waals surface area (Å²) >= 11 is 0. The number of carbonyl (C=O) groups excluding carboxylic acids is 1. The van der Waals surface area contributed by atoms with Crippen LogP contribution in [-0.4, -0.2) is 48.3 Å². The summed E-state index contributed by atoms with van der Waals surface area (Å²) < 4.78 is 82.5. The minimum atomic E-state index is -4.63. The van der Waals surface area contributed by atoms with E-state index in [1.165, 1.54) is 6.33 Å². The fraction of sp³-hybridized carbons (Fsp3) is 0.300. The van der Waals surface area contributed by atoms with E-state index in [0.29, 0.717) is 78.0 Å². The van der Waals surface area contributed by atoms with Crippen LogP contribution in [0, 0.1) is 5.82 Å². The Morgan fingerprint density at radius 3 is 2.48 bits per heavy atom. The zero-order valence-corrected chi connectivity index (χ0v) is 22.1. The maximum Gasteiger partial charge on any atom is 0.416 e. The molecule has 1 saturated heterocycles. The fourth-order valence-corrected chi connectivity index (χ4v) is 4.81. The number of alkyl halides is 3. The Labute approximate surface area is 237 Å². The maximum atomic E-state index is 14.1. The summed E-state index contributed by atoms with van der Waals surface area (Å²) in [6.45, 7) is 1.77. The van der Waals surface area contributed by atoms with Crippen molar-refractivity contribution < 1.29 is 46.0 Å². The molecule has 0 saturated carbocycles. The van der Waals surface area contributed by atoms with E-state index in [2.05, 4.69) is 9.97 Å². The van der Waals surface area contributed by atoms with Gasteiger partial charge in [0.25, 0.3) is 0 Å². The van der Waals surface area contributed by atoms with Crippen LogP contribution in [0.4, 0.5) is 17.6 Å². The summed E-state index contributed by atoms with van der Waals surface area (Å²) in [5, 5.41) is 0.504. The Bertz CT molecular complexity index is 1620. The molecule has 2 aliphatic heterocycles. The Morgan fingerprint density at radius 2 is 1.74 bits per heavy atom. The molecular formula is C30H24F4N2O6. The SMILES string of the molecule is O=C(Cc1ccc(Oc2ncnc3cc(OC4CCOC4)c4c(c23)OCCO4)cc1)Cc1cc(C(F)(F)F)ccc1F. The largest absolute Gasteiger partial charge is 0.485 e. The maximum absolute atomic E-state index is 14.1. The van der Waals surface area contributed by atoms with Crippen LogP contribution in [0.25, 0.3) is 10.9 Å². The van der Waals surface area contributed by atoms with Gasteiger partial charge in [-0.1, -0.05) is 12.1 Å². The smallest absolute Gasteiger partial charge is 0.416 e. The average molecular weight is 585 g/mol. The predicted molar refractivity (Wildman–Crippen MR) is 141 cm³/mol. The van der Waals surface area contributed by atoms with Crippen molar-refractivity contribution in [3.63, 3.8) is 0 Å². The van der Waals surface area contributed by atoms with E-state index in [0.717, 1.165) is 12.5 Å². The lowest BCUT2D eigenvalue weighted by molar-refractivity contribution is -0.137. The van der Waals surface area contributed by atoms with Crippen LogP contribution in [0.15, 0.2) is 54.9 Å². The van der Waals surface area contributed by atoms with Crippen molar-refractivity contribution in [3.8, 4) is 28.9 Å². The number of rotatable bonds is 8. The van der Waals surface area contributed by atoms with Gasteiger partial charge < -0.3 is 23.7 Å². The number of carbonyl (C=O) groups is 1. The third kappa shape index (κ3) is 5.94. The highest BCUT2D eigenvalue weighted by Crippen LogP contribution is 2.48. The number of ketones is 1. The normalized spacial score (nSPS) is 16.4. The third-order valence-electron chi connectivity index (χ3n) is 6.82. The summed E-state index contributed by atoms with van der Waals surface area (Å²) in [4.78, 5) is 21.2. The van der Waals surface area contributed by atoms with Gasteiger partial charge in [0, 0.05) is 25.3 Å². The lowest BCUT2D eigenvalue weighted by Gasteiger charge is -2.24. The lowest BCUT2D eigenvalue weighted by Crippen LogP contribution is -2.20. The molecule has 0 spiro atoms. The molecule has 0 radical (unpaired) electrons. The Morgan fingerprint density at radius 1 is 0.952 bits per heavy atom. The molecule has 0 bridgehead atoms. The van der Waals surface area contributed by atoms with E-state index in [9.17, 15) is 22.4 Å². The molecule has 1 fully saturated rings. The van der Waals surface area contributed by atoms with Gasteiger partial charge >= 0.3 is 6.18 Å². The first-order chi connectivity index (χ1) is 20.2. The zero-order chi connectivity index (χ0) is 29.3. The molecule has 3 aromatic carbocycles. The minimum absolute atomic E-state index is 0.0973. The summed E-state index contributed by atoms with van der Waals surface area (Å²) in [6.07, 6.45) is -3.18. The molecule has 6 rings (SSSR count). The Kier molecular flexibility index (Phi) is 7.55. The Balaban J connectivity index is 1.19. The van der Waals surface area contributed by atoms with E-state index in [1.807, 2.05) is 0 Å². The van der Waals surface area contributed by atoms with E-state index < -0.39 is 29.8 Å². The molecule has 8 nitrogen and oxygen atoms in total. The third-order valence-corrected chi connectivity index (χ3v) is 6.82. The van der Waals surface area contributed by atoms with Gasteiger partial charge in [-0.15, -0.1) is 0 Å². The quantitative estimate of drug-likeness (QED) is 0.238. The molecule has 0 aliphatic carbocycles. The number of fused-ring (bicyclic) bond motifs is 3. The molecule has 4 aromatic rings. The van der Waals surface area contributed by atoms with Crippen molar-refractivity contribution in [1.82, 2.24) is 9.97 Å². The number of ether oxygens (including phenoxy) is 5. The summed E-state index contributed by atoms with van der Waals surface area (Å²) in [5.41, 5.74) is -0.192. The van der Waals surface area contributed by atoms with E-state index >= 15 is 0 Å². The number of hydrogen-bond acceptors (Lipinski definition) is 8. The highest BCUT2D eigenvalue weighted by atomic mass is 19.4. The fourth-order valence-electron chi connectivity index (χ4n) is 4.81. The number of hydrogen-bond donors (Lipinski definition) is 0. The minimum Gasteiger partial charge on any atom is -0.485 e. The van der Waals surface area contributed by atoms with E-state index in [1.54, 1.807) is 30.3 Å². The highest BCUT2D eigenvalue weighted by molar-refractivity contribution is 5.94. The van der Waals surface area contributed by atoms with Crippen molar-refractivity contribution in [1.29, 1.82) is 0 Å². The summed E-state index contributed by atoms with van der Waals surface area (Å²) in [5.74, 6) is 0.676. The first-order valence-corrected chi connectivity index (χ1v) is 13.2. The molecule has 1 atom stereocenters. The number of benzene rings is 3. The van der Waals surface area contributed by atoms with Gasteiger partial charge in [0.2, 0.25) is 11.6 Å². The summed E-state index contributed by atoms with van der Waals surface area (Å²) in [7, 11) is 0. The first-order valence-electron chi connectivity index (χ1n) is 13.2. The van der Waals surface area contributed by atoms with Gasteiger partial charge in [-0.25, -0.2) is 14.4 Å². The number of nitrogens with zero attached hydrogens (tertiary/aromatic N) is 2. The van der Waals surface area contributed by atoms with Gasteiger partial charge in [-0.2, -0.15) is 13.2 Å². The van der Waals surface area contributed by atoms with Crippen LogP contribution in [0.5, 0.6) is 28.9 Å². The van der Waals surface area contributed by atoms with Crippen LogP contribution < -0.4 is 18.9 Å². The first kappa shape index (κ1) is 27.7. The van der Waals surface area contributed by atoms with Crippen LogP contribution in [0.3, 0.4) is 0 Å². The van der Waals surface area contributed by atoms with Gasteiger partial charge in [0.05, 0.1) is 24.3 Å². The van der Waals surface area contributed by atoms with Crippen molar-refractivity contribution in [3.05, 3.63) is 77.4 Å².